The second-order valence-electron chi connectivity index (χ2n) is 2.82. The van der Waals surface area contributed by atoms with Crippen LogP contribution in [-0.2, 0) is 6.42 Å². The molecule has 0 amide bonds. The Kier molecular flexibility index (Phi) is 4.25. The van der Waals surface area contributed by atoms with Gasteiger partial charge in [-0.15, -0.1) is 5.10 Å². The summed E-state index contributed by atoms with van der Waals surface area (Å²) in [6.45, 7) is 0.722. The van der Waals surface area contributed by atoms with Gasteiger partial charge < -0.3 is 16.9 Å². The lowest BCUT2D eigenvalue weighted by atomic mass is 10.2. The van der Waals surface area contributed by atoms with Crippen LogP contribution in [0.2, 0.25) is 0 Å². The van der Waals surface area contributed by atoms with Crippen molar-refractivity contribution in [2.75, 3.05) is 6.54 Å². The smallest absolute Gasteiger partial charge is 0.208 e. The van der Waals surface area contributed by atoms with Gasteiger partial charge in [0, 0.05) is 11.0 Å². The number of hydrogen-bond donors (Lipinski definition) is 3. The van der Waals surface area contributed by atoms with Crippen molar-refractivity contribution in [1.82, 2.24) is 5.43 Å². The minimum absolute atomic E-state index is 0.0563. The van der Waals surface area contributed by atoms with Crippen molar-refractivity contribution in [3.63, 3.8) is 0 Å². The molecule has 0 spiro atoms. The lowest BCUT2D eigenvalue weighted by Crippen LogP contribution is -2.27. The Morgan fingerprint density at radius 3 is 2.50 bits per heavy atom. The third-order valence-corrected chi connectivity index (χ3v) is 2.18. The summed E-state index contributed by atoms with van der Waals surface area (Å²) in [6.07, 6.45) is 0.893. The van der Waals surface area contributed by atoms with Gasteiger partial charge in [-0.05, 0) is 24.1 Å². The fourth-order valence-corrected chi connectivity index (χ4v) is 1.26. The Hall–Kier alpha value is -1.23. The van der Waals surface area contributed by atoms with E-state index in [0.717, 1.165) is 17.4 Å². The normalized spacial score (nSPS) is 9.50. The molecule has 0 aliphatic carbocycles. The molecule has 5 heteroatoms. The van der Waals surface area contributed by atoms with Gasteiger partial charge in [0.25, 0.3) is 0 Å². The summed E-state index contributed by atoms with van der Waals surface area (Å²) in [7, 11) is 0. The summed E-state index contributed by atoms with van der Waals surface area (Å²) in [4.78, 5) is 0. The van der Waals surface area contributed by atoms with Crippen molar-refractivity contribution in [3.05, 3.63) is 34.3 Å². The molecule has 14 heavy (non-hydrogen) atoms. The quantitative estimate of drug-likeness (QED) is 0.323. The van der Waals surface area contributed by atoms with E-state index in [4.69, 9.17) is 11.5 Å². The van der Waals surface area contributed by atoms with E-state index in [0.29, 0.717) is 0 Å². The molecule has 1 aromatic carbocycles. The number of halogens is 1. The average molecular weight is 257 g/mol. The number of nitrogens with one attached hydrogen (secondary N) is 1. The van der Waals surface area contributed by atoms with Crippen LogP contribution in [0.4, 0.5) is 0 Å². The second-order valence-corrected chi connectivity index (χ2v) is 3.74. The first-order valence-electron chi connectivity index (χ1n) is 4.24. The van der Waals surface area contributed by atoms with Gasteiger partial charge in [0.15, 0.2) is 0 Å². The largest absolute Gasteiger partial charge is 0.369 e. The maximum Gasteiger partial charge on any atom is 0.208 e. The third-order valence-electron chi connectivity index (χ3n) is 1.65. The zero-order chi connectivity index (χ0) is 10.4. The Labute approximate surface area is 91.5 Å². The number of rotatable bonds is 4. The molecule has 0 unspecified atom stereocenters. The minimum Gasteiger partial charge on any atom is -0.369 e. The van der Waals surface area contributed by atoms with Crippen LogP contribution < -0.4 is 16.9 Å². The average Bonchev–Trinajstić information content (AvgIpc) is 2.15. The monoisotopic (exact) mass is 256 g/mol. The third kappa shape index (κ3) is 4.13. The van der Waals surface area contributed by atoms with E-state index in [-0.39, 0.29) is 5.96 Å². The fraction of sp³-hybridized carbons (Fsp3) is 0.222. The Bertz CT molecular complexity index is 303. The van der Waals surface area contributed by atoms with E-state index in [1.165, 1.54) is 5.56 Å². The van der Waals surface area contributed by atoms with Crippen LogP contribution in [0.15, 0.2) is 33.8 Å². The lowest BCUT2D eigenvalue weighted by Gasteiger charge is -2.01. The standard InChI is InChI=1S/C9H13BrN4/c10-8-3-1-7(2-4-8)5-6-13-14-9(11)12/h1-4,13H,5-6H2,(H4,11,12,14). The summed E-state index contributed by atoms with van der Waals surface area (Å²) >= 11 is 3.38. The summed E-state index contributed by atoms with van der Waals surface area (Å²) in [5, 5.41) is 3.67. The molecule has 0 aliphatic rings. The molecule has 0 radical (unpaired) electrons. The molecule has 4 nitrogen and oxygen atoms in total. The van der Waals surface area contributed by atoms with Crippen LogP contribution in [-0.4, -0.2) is 12.5 Å². The Balaban J connectivity index is 2.32. The first kappa shape index (κ1) is 10.8. The van der Waals surface area contributed by atoms with Crippen molar-refractivity contribution in [3.8, 4) is 0 Å². The number of nitrogens with two attached hydrogens (primary N) is 2. The Morgan fingerprint density at radius 2 is 1.93 bits per heavy atom. The highest BCUT2D eigenvalue weighted by atomic mass is 79.9. The molecule has 0 fully saturated rings. The Morgan fingerprint density at radius 1 is 1.29 bits per heavy atom. The molecule has 0 saturated carbocycles. The predicted molar refractivity (Wildman–Crippen MR) is 61.7 cm³/mol. The fourth-order valence-electron chi connectivity index (χ4n) is 0.999. The maximum atomic E-state index is 5.15. The molecule has 0 saturated heterocycles. The predicted octanol–water partition coefficient (Wildman–Crippen LogP) is 0.770. The minimum atomic E-state index is 0.0563. The number of nitrogens with zero attached hydrogens (tertiary/aromatic N) is 1. The van der Waals surface area contributed by atoms with Crippen molar-refractivity contribution < 1.29 is 0 Å². The highest BCUT2D eigenvalue weighted by Crippen LogP contribution is 2.10. The highest BCUT2D eigenvalue weighted by Gasteiger charge is 1.91. The number of benzene rings is 1. The van der Waals surface area contributed by atoms with Crippen LogP contribution in [0.3, 0.4) is 0 Å². The van der Waals surface area contributed by atoms with E-state index in [9.17, 15) is 0 Å². The van der Waals surface area contributed by atoms with Gasteiger partial charge in [-0.25, -0.2) is 0 Å². The first-order valence-corrected chi connectivity index (χ1v) is 5.04. The lowest BCUT2D eigenvalue weighted by molar-refractivity contribution is 0.728. The highest BCUT2D eigenvalue weighted by molar-refractivity contribution is 9.10. The summed E-state index contributed by atoms with van der Waals surface area (Å²) < 4.78 is 1.08. The molecule has 0 bridgehead atoms. The van der Waals surface area contributed by atoms with E-state index >= 15 is 0 Å². The summed E-state index contributed by atoms with van der Waals surface area (Å²) in [5.41, 5.74) is 14.3. The van der Waals surface area contributed by atoms with Crippen LogP contribution in [0.5, 0.6) is 0 Å². The van der Waals surface area contributed by atoms with E-state index in [1.807, 2.05) is 12.1 Å². The second kappa shape index (κ2) is 5.49. The van der Waals surface area contributed by atoms with Gasteiger partial charge in [0.2, 0.25) is 5.96 Å². The maximum absolute atomic E-state index is 5.15. The molecular weight excluding hydrogens is 244 g/mol. The van der Waals surface area contributed by atoms with Crippen molar-refractivity contribution in [2.45, 2.75) is 6.42 Å². The number of hydrogen-bond acceptors (Lipinski definition) is 2. The molecule has 1 aromatic rings. The van der Waals surface area contributed by atoms with Gasteiger partial charge in [-0.1, -0.05) is 28.1 Å². The van der Waals surface area contributed by atoms with E-state index < -0.39 is 0 Å². The summed E-state index contributed by atoms with van der Waals surface area (Å²) in [5.74, 6) is 0.0563. The van der Waals surface area contributed by atoms with E-state index in [1.54, 1.807) is 0 Å². The molecule has 1 rings (SSSR count). The van der Waals surface area contributed by atoms with Crippen molar-refractivity contribution in [2.24, 2.45) is 16.6 Å². The SMILES string of the molecule is NC(N)=NNCCc1ccc(Br)cc1. The molecule has 0 heterocycles. The van der Waals surface area contributed by atoms with Gasteiger partial charge >= 0.3 is 0 Å². The molecule has 0 atom stereocenters. The van der Waals surface area contributed by atoms with Gasteiger partial charge in [-0.2, -0.15) is 0 Å². The summed E-state index contributed by atoms with van der Waals surface area (Å²) in [6, 6.07) is 8.13. The molecular formula is C9H13BrN4. The van der Waals surface area contributed by atoms with E-state index in [2.05, 4.69) is 38.6 Å². The number of guanidine groups is 1. The van der Waals surface area contributed by atoms with Crippen molar-refractivity contribution >= 4 is 21.9 Å². The van der Waals surface area contributed by atoms with Crippen LogP contribution in [0.25, 0.3) is 0 Å². The molecule has 0 aliphatic heterocycles. The van der Waals surface area contributed by atoms with Crippen molar-refractivity contribution in [1.29, 1.82) is 0 Å². The molecule has 76 valence electrons. The zero-order valence-corrected chi connectivity index (χ0v) is 9.29. The number of hydrazone groups is 1. The van der Waals surface area contributed by atoms with Gasteiger partial charge in [-0.3, -0.25) is 0 Å². The molecule has 5 N–H and O–H groups in total. The first-order chi connectivity index (χ1) is 6.68. The van der Waals surface area contributed by atoms with Crippen LogP contribution >= 0.6 is 15.9 Å². The van der Waals surface area contributed by atoms with Crippen LogP contribution in [0.1, 0.15) is 5.56 Å². The van der Waals surface area contributed by atoms with Crippen LogP contribution in [0, 0.1) is 0 Å². The zero-order valence-electron chi connectivity index (χ0n) is 7.70. The van der Waals surface area contributed by atoms with Gasteiger partial charge in [0.1, 0.15) is 0 Å². The topological polar surface area (TPSA) is 76.4 Å². The van der Waals surface area contributed by atoms with Gasteiger partial charge in [0.05, 0.1) is 0 Å². The molecule has 0 aromatic heterocycles.